The Balaban J connectivity index is 2.54. The van der Waals surface area contributed by atoms with Crippen LogP contribution in [0.3, 0.4) is 0 Å². The minimum Gasteiger partial charge on any atom is -0.301 e. The highest BCUT2D eigenvalue weighted by Crippen LogP contribution is 2.18. The zero-order valence-corrected chi connectivity index (χ0v) is 11.0. The number of benzene rings is 1. The second kappa shape index (κ2) is 5.31. The monoisotopic (exact) mass is 217 g/mol. The number of hydrogen-bond donors (Lipinski definition) is 0. The largest absolute Gasteiger partial charge is 0.301 e. The molecule has 16 heavy (non-hydrogen) atoms. The van der Waals surface area contributed by atoms with E-state index in [1.807, 2.05) is 6.08 Å². The predicted molar refractivity (Wildman–Crippen MR) is 71.5 cm³/mol. The Morgan fingerprint density at radius 2 is 1.81 bits per heavy atom. The Kier molecular flexibility index (Phi) is 4.31. The first kappa shape index (κ1) is 13.0. The summed E-state index contributed by atoms with van der Waals surface area (Å²) in [7, 11) is 2.16. The molecule has 0 spiro atoms. The molecule has 0 unspecified atom stereocenters. The van der Waals surface area contributed by atoms with Crippen LogP contribution in [0.15, 0.2) is 36.9 Å². The first-order chi connectivity index (χ1) is 7.43. The highest BCUT2D eigenvalue weighted by atomic mass is 15.1. The Bertz CT molecular complexity index is 335. The summed E-state index contributed by atoms with van der Waals surface area (Å²) in [6.45, 7) is 12.5. The van der Waals surface area contributed by atoms with Gasteiger partial charge in [0.15, 0.2) is 0 Å². The molecule has 1 rings (SSSR count). The van der Waals surface area contributed by atoms with E-state index < -0.39 is 0 Å². The lowest BCUT2D eigenvalue weighted by molar-refractivity contribution is 0.244. The van der Waals surface area contributed by atoms with Crippen LogP contribution in [0.1, 0.15) is 25.0 Å². The molecule has 0 saturated heterocycles. The smallest absolute Gasteiger partial charge is 0.0231 e. The third-order valence-electron chi connectivity index (χ3n) is 2.80. The molecule has 1 aromatic carbocycles. The van der Waals surface area contributed by atoms with E-state index in [9.17, 15) is 0 Å². The summed E-state index contributed by atoms with van der Waals surface area (Å²) in [4.78, 5) is 2.34. The highest BCUT2D eigenvalue weighted by molar-refractivity contribution is 5.21. The van der Waals surface area contributed by atoms with E-state index in [0.717, 1.165) is 13.1 Å². The average molecular weight is 217 g/mol. The maximum atomic E-state index is 3.88. The van der Waals surface area contributed by atoms with Crippen LogP contribution in [-0.2, 0) is 6.54 Å². The molecule has 0 N–H and O–H groups in total. The van der Waals surface area contributed by atoms with Gasteiger partial charge in [-0.1, -0.05) is 49.8 Å². The minimum absolute atomic E-state index is 0.180. The molecule has 0 aliphatic carbocycles. The molecule has 0 fully saturated rings. The standard InChI is InChI=1S/C15H23N/c1-6-15(3,4)12-16(5)11-14-9-7-13(2)8-10-14/h6-10H,1,11-12H2,2-5H3. The molecule has 0 aliphatic rings. The zero-order valence-electron chi connectivity index (χ0n) is 11.0. The molecule has 1 nitrogen and oxygen atoms in total. The third kappa shape index (κ3) is 4.19. The van der Waals surface area contributed by atoms with Crippen LogP contribution < -0.4 is 0 Å². The molecule has 0 atom stereocenters. The van der Waals surface area contributed by atoms with Crippen molar-refractivity contribution in [3.05, 3.63) is 48.0 Å². The maximum Gasteiger partial charge on any atom is 0.0231 e. The van der Waals surface area contributed by atoms with Gasteiger partial charge in [-0.15, -0.1) is 6.58 Å². The van der Waals surface area contributed by atoms with Gasteiger partial charge < -0.3 is 4.90 Å². The van der Waals surface area contributed by atoms with Gasteiger partial charge in [-0.25, -0.2) is 0 Å². The first-order valence-electron chi connectivity index (χ1n) is 5.81. The first-order valence-corrected chi connectivity index (χ1v) is 5.81. The van der Waals surface area contributed by atoms with Crippen molar-refractivity contribution < 1.29 is 0 Å². The number of nitrogens with zero attached hydrogens (tertiary/aromatic N) is 1. The minimum atomic E-state index is 0.180. The predicted octanol–water partition coefficient (Wildman–Crippen LogP) is 3.64. The summed E-state index contributed by atoms with van der Waals surface area (Å²) < 4.78 is 0. The van der Waals surface area contributed by atoms with Crippen molar-refractivity contribution in [1.29, 1.82) is 0 Å². The topological polar surface area (TPSA) is 3.24 Å². The van der Waals surface area contributed by atoms with Crippen molar-refractivity contribution in [3.63, 3.8) is 0 Å². The number of hydrogen-bond acceptors (Lipinski definition) is 1. The molecule has 0 aliphatic heterocycles. The molecule has 0 heterocycles. The van der Waals surface area contributed by atoms with Crippen LogP contribution in [0.5, 0.6) is 0 Å². The Hall–Kier alpha value is -1.08. The average Bonchev–Trinajstić information content (AvgIpc) is 2.21. The van der Waals surface area contributed by atoms with Crippen LogP contribution >= 0.6 is 0 Å². The van der Waals surface area contributed by atoms with Crippen molar-refractivity contribution in [2.75, 3.05) is 13.6 Å². The van der Waals surface area contributed by atoms with Gasteiger partial charge in [-0.05, 0) is 24.9 Å². The van der Waals surface area contributed by atoms with Gasteiger partial charge >= 0.3 is 0 Å². The SMILES string of the molecule is C=CC(C)(C)CN(C)Cc1ccc(C)cc1. The fraction of sp³-hybridized carbons (Fsp3) is 0.467. The van der Waals surface area contributed by atoms with Crippen molar-refractivity contribution in [2.24, 2.45) is 5.41 Å². The molecule has 0 radical (unpaired) electrons. The van der Waals surface area contributed by atoms with E-state index >= 15 is 0 Å². The Labute approximate surface area is 99.8 Å². The highest BCUT2D eigenvalue weighted by Gasteiger charge is 2.15. The normalized spacial score (nSPS) is 11.8. The summed E-state index contributed by atoms with van der Waals surface area (Å²) >= 11 is 0. The lowest BCUT2D eigenvalue weighted by atomic mass is 9.93. The molecule has 88 valence electrons. The fourth-order valence-corrected chi connectivity index (χ4v) is 1.82. The second-order valence-corrected chi connectivity index (χ2v) is 5.35. The van der Waals surface area contributed by atoms with E-state index in [-0.39, 0.29) is 5.41 Å². The number of aryl methyl sites for hydroxylation is 1. The molecule has 1 heteroatoms. The third-order valence-corrected chi connectivity index (χ3v) is 2.80. The van der Waals surface area contributed by atoms with Gasteiger partial charge in [-0.3, -0.25) is 0 Å². The van der Waals surface area contributed by atoms with Gasteiger partial charge in [-0.2, -0.15) is 0 Å². The van der Waals surface area contributed by atoms with Crippen molar-refractivity contribution in [1.82, 2.24) is 4.90 Å². The van der Waals surface area contributed by atoms with Crippen molar-refractivity contribution >= 4 is 0 Å². The summed E-state index contributed by atoms with van der Waals surface area (Å²) in [6, 6.07) is 8.74. The van der Waals surface area contributed by atoms with Crippen LogP contribution in [0.25, 0.3) is 0 Å². The van der Waals surface area contributed by atoms with E-state index in [1.54, 1.807) is 0 Å². The molecule has 0 bridgehead atoms. The van der Waals surface area contributed by atoms with E-state index in [0.29, 0.717) is 0 Å². The van der Waals surface area contributed by atoms with Gasteiger partial charge in [0.05, 0.1) is 0 Å². The second-order valence-electron chi connectivity index (χ2n) is 5.35. The van der Waals surface area contributed by atoms with E-state index in [4.69, 9.17) is 0 Å². The lowest BCUT2D eigenvalue weighted by Gasteiger charge is -2.27. The lowest BCUT2D eigenvalue weighted by Crippen LogP contribution is -2.29. The van der Waals surface area contributed by atoms with Gasteiger partial charge in [0.1, 0.15) is 0 Å². The molecule has 0 amide bonds. The van der Waals surface area contributed by atoms with Crippen LogP contribution in [0, 0.1) is 12.3 Å². The molecular formula is C15H23N. The van der Waals surface area contributed by atoms with Crippen LogP contribution in [0.2, 0.25) is 0 Å². The summed E-state index contributed by atoms with van der Waals surface area (Å²) in [5.74, 6) is 0. The molecule has 0 saturated carbocycles. The molecule has 0 aromatic heterocycles. The Morgan fingerprint density at radius 3 is 2.31 bits per heavy atom. The van der Waals surface area contributed by atoms with Crippen molar-refractivity contribution in [2.45, 2.75) is 27.3 Å². The summed E-state index contributed by atoms with van der Waals surface area (Å²) in [5, 5.41) is 0. The molecular weight excluding hydrogens is 194 g/mol. The van der Waals surface area contributed by atoms with E-state index in [2.05, 4.69) is 63.6 Å². The van der Waals surface area contributed by atoms with E-state index in [1.165, 1.54) is 11.1 Å². The zero-order chi connectivity index (χ0) is 12.2. The van der Waals surface area contributed by atoms with Crippen LogP contribution in [-0.4, -0.2) is 18.5 Å². The summed E-state index contributed by atoms with van der Waals surface area (Å²) in [6.07, 6.45) is 2.03. The summed E-state index contributed by atoms with van der Waals surface area (Å²) in [5.41, 5.74) is 2.87. The molecule has 1 aromatic rings. The Morgan fingerprint density at radius 1 is 1.25 bits per heavy atom. The van der Waals surface area contributed by atoms with Gasteiger partial charge in [0, 0.05) is 13.1 Å². The van der Waals surface area contributed by atoms with Crippen LogP contribution in [0.4, 0.5) is 0 Å². The number of rotatable bonds is 5. The quantitative estimate of drug-likeness (QED) is 0.681. The van der Waals surface area contributed by atoms with Gasteiger partial charge in [0.2, 0.25) is 0 Å². The fourth-order valence-electron chi connectivity index (χ4n) is 1.82. The maximum absolute atomic E-state index is 3.88. The van der Waals surface area contributed by atoms with Crippen molar-refractivity contribution in [3.8, 4) is 0 Å². The van der Waals surface area contributed by atoms with Gasteiger partial charge in [0.25, 0.3) is 0 Å².